The Balaban J connectivity index is 1.67. The van der Waals surface area contributed by atoms with Gasteiger partial charge < -0.3 is 19.9 Å². The first-order valence-electron chi connectivity index (χ1n) is 9.21. The second kappa shape index (κ2) is 8.38. The number of fused-ring (bicyclic) bond motifs is 1. The van der Waals surface area contributed by atoms with Crippen molar-refractivity contribution >= 4 is 40.9 Å². The van der Waals surface area contributed by atoms with Crippen LogP contribution in [0.4, 0.5) is 10.5 Å². The number of methoxy groups -OCH3 is 1. The Kier molecular flexibility index (Phi) is 5.65. The highest BCUT2D eigenvalue weighted by molar-refractivity contribution is 6.35. The fraction of sp³-hybridized carbons (Fsp3) is 0.190. The maximum Gasteiger partial charge on any atom is 0.337 e. The van der Waals surface area contributed by atoms with Crippen LogP contribution < -0.4 is 5.32 Å². The highest BCUT2D eigenvalue weighted by atomic mass is 35.5. The lowest BCUT2D eigenvalue weighted by Gasteiger charge is -2.35. The number of urea groups is 1. The van der Waals surface area contributed by atoms with Gasteiger partial charge in [-0.15, -0.1) is 0 Å². The molecule has 1 aromatic heterocycles. The highest BCUT2D eigenvalue weighted by Gasteiger charge is 2.35. The van der Waals surface area contributed by atoms with E-state index in [9.17, 15) is 9.59 Å². The second-order valence-corrected chi connectivity index (χ2v) is 7.62. The van der Waals surface area contributed by atoms with Gasteiger partial charge in [-0.05, 0) is 35.9 Å². The number of amides is 2. The Bertz CT molecular complexity index is 1120. The molecule has 9 heteroatoms. The van der Waals surface area contributed by atoms with E-state index in [1.54, 1.807) is 53.7 Å². The first-order chi connectivity index (χ1) is 14.5. The summed E-state index contributed by atoms with van der Waals surface area (Å²) in [6, 6.07) is 10.9. The fourth-order valence-corrected chi connectivity index (χ4v) is 4.08. The molecule has 0 spiro atoms. The predicted octanol–water partition coefficient (Wildman–Crippen LogP) is 4.68. The summed E-state index contributed by atoms with van der Waals surface area (Å²) in [5.41, 5.74) is 3.26. The van der Waals surface area contributed by atoms with Gasteiger partial charge in [0.25, 0.3) is 0 Å². The summed E-state index contributed by atoms with van der Waals surface area (Å²) in [5.74, 6) is -0.476. The molecule has 0 bridgehead atoms. The predicted molar refractivity (Wildman–Crippen MR) is 114 cm³/mol. The van der Waals surface area contributed by atoms with Crippen molar-refractivity contribution in [1.29, 1.82) is 0 Å². The van der Waals surface area contributed by atoms with E-state index in [-0.39, 0.29) is 6.03 Å². The van der Waals surface area contributed by atoms with Gasteiger partial charge in [-0.1, -0.05) is 35.3 Å². The molecule has 0 saturated heterocycles. The van der Waals surface area contributed by atoms with Crippen LogP contribution >= 0.6 is 23.2 Å². The Morgan fingerprint density at radius 3 is 2.83 bits per heavy atom. The van der Waals surface area contributed by atoms with Crippen LogP contribution in [0.25, 0.3) is 0 Å². The molecule has 4 rings (SSSR count). The van der Waals surface area contributed by atoms with Crippen molar-refractivity contribution in [2.75, 3.05) is 19.0 Å². The van der Waals surface area contributed by atoms with Crippen molar-refractivity contribution in [2.24, 2.45) is 0 Å². The maximum atomic E-state index is 13.2. The lowest BCUT2D eigenvalue weighted by atomic mass is 9.96. The molecule has 1 aliphatic rings. The molecular formula is C21H18Cl2N4O3. The number of halogens is 2. The number of hydrogen-bond donors (Lipinski definition) is 2. The largest absolute Gasteiger partial charge is 0.465 e. The van der Waals surface area contributed by atoms with Crippen LogP contribution in [-0.2, 0) is 11.2 Å². The van der Waals surface area contributed by atoms with Gasteiger partial charge >= 0.3 is 12.0 Å². The van der Waals surface area contributed by atoms with E-state index in [4.69, 9.17) is 27.9 Å². The third-order valence-corrected chi connectivity index (χ3v) is 5.54. The Labute approximate surface area is 183 Å². The summed E-state index contributed by atoms with van der Waals surface area (Å²) >= 11 is 12.5. The molecule has 0 unspecified atom stereocenters. The van der Waals surface area contributed by atoms with E-state index in [2.05, 4.69) is 15.3 Å². The minimum atomic E-state index is -0.478. The molecule has 0 radical (unpaired) electrons. The number of carbonyl (C=O) groups excluding carboxylic acids is 2. The van der Waals surface area contributed by atoms with Crippen LogP contribution in [-0.4, -0.2) is 40.5 Å². The van der Waals surface area contributed by atoms with Crippen LogP contribution in [0.2, 0.25) is 10.0 Å². The molecule has 30 heavy (non-hydrogen) atoms. The van der Waals surface area contributed by atoms with Crippen molar-refractivity contribution in [3.05, 3.63) is 81.4 Å². The van der Waals surface area contributed by atoms with E-state index in [1.807, 2.05) is 0 Å². The van der Waals surface area contributed by atoms with Gasteiger partial charge in [0.15, 0.2) is 0 Å². The molecular weight excluding hydrogens is 427 g/mol. The fourth-order valence-electron chi connectivity index (χ4n) is 3.57. The number of H-pyrrole nitrogens is 1. The molecule has 0 saturated carbocycles. The number of anilines is 1. The molecule has 2 N–H and O–H groups in total. The summed E-state index contributed by atoms with van der Waals surface area (Å²) in [4.78, 5) is 34.2. The normalized spacial score (nSPS) is 15.4. The summed E-state index contributed by atoms with van der Waals surface area (Å²) < 4.78 is 4.74. The molecule has 154 valence electrons. The molecule has 2 heterocycles. The zero-order valence-corrected chi connectivity index (χ0v) is 17.5. The number of rotatable bonds is 3. The van der Waals surface area contributed by atoms with Gasteiger partial charge in [0.05, 0.1) is 24.7 Å². The van der Waals surface area contributed by atoms with Crippen LogP contribution in [0.1, 0.15) is 33.4 Å². The number of hydrogen-bond acceptors (Lipinski definition) is 4. The minimum Gasteiger partial charge on any atom is -0.465 e. The van der Waals surface area contributed by atoms with E-state index in [1.165, 1.54) is 7.11 Å². The number of ether oxygens (including phenoxy) is 1. The first kappa shape index (κ1) is 20.3. The Morgan fingerprint density at radius 2 is 2.07 bits per heavy atom. The van der Waals surface area contributed by atoms with Crippen LogP contribution in [0.15, 0.2) is 48.8 Å². The molecule has 1 aliphatic heterocycles. The number of aromatic nitrogens is 2. The molecule has 3 aromatic rings. The third kappa shape index (κ3) is 3.86. The first-order valence-corrected chi connectivity index (χ1v) is 9.96. The quantitative estimate of drug-likeness (QED) is 0.573. The molecule has 0 fully saturated rings. The summed E-state index contributed by atoms with van der Waals surface area (Å²) in [6.07, 6.45) is 2.25. The third-order valence-electron chi connectivity index (χ3n) is 4.98. The topological polar surface area (TPSA) is 87.3 Å². The lowest BCUT2D eigenvalue weighted by molar-refractivity contribution is 0.0600. The smallest absolute Gasteiger partial charge is 0.337 e. The monoisotopic (exact) mass is 444 g/mol. The lowest BCUT2D eigenvalue weighted by Crippen LogP contribution is -2.43. The van der Waals surface area contributed by atoms with Crippen molar-refractivity contribution in [2.45, 2.75) is 12.5 Å². The van der Waals surface area contributed by atoms with Crippen molar-refractivity contribution in [3.63, 3.8) is 0 Å². The summed E-state index contributed by atoms with van der Waals surface area (Å²) in [6.45, 7) is 0.460. The SMILES string of the molecule is COC(=O)c1cccc(NC(=O)N2CCc3[nH]cnc3[C@H]2c2ccc(Cl)cc2Cl)c1. The number of esters is 1. The van der Waals surface area contributed by atoms with E-state index >= 15 is 0 Å². The Hall–Kier alpha value is -3.03. The number of carbonyl (C=O) groups is 2. The summed E-state index contributed by atoms with van der Waals surface area (Å²) in [7, 11) is 1.31. The number of imidazole rings is 1. The van der Waals surface area contributed by atoms with Crippen LogP contribution in [0.5, 0.6) is 0 Å². The van der Waals surface area contributed by atoms with Crippen molar-refractivity contribution in [3.8, 4) is 0 Å². The zero-order valence-electron chi connectivity index (χ0n) is 16.0. The van der Waals surface area contributed by atoms with Gasteiger partial charge in [0.1, 0.15) is 6.04 Å². The van der Waals surface area contributed by atoms with E-state index < -0.39 is 12.0 Å². The number of nitrogens with one attached hydrogen (secondary N) is 2. The minimum absolute atomic E-state index is 0.332. The van der Waals surface area contributed by atoms with Gasteiger partial charge in [-0.2, -0.15) is 0 Å². The van der Waals surface area contributed by atoms with Gasteiger partial charge in [0, 0.05) is 34.4 Å². The molecule has 7 nitrogen and oxygen atoms in total. The van der Waals surface area contributed by atoms with E-state index in [0.29, 0.717) is 34.3 Å². The van der Waals surface area contributed by atoms with Crippen molar-refractivity contribution < 1.29 is 14.3 Å². The number of benzene rings is 2. The zero-order chi connectivity index (χ0) is 21.3. The average Bonchev–Trinajstić information content (AvgIpc) is 3.22. The average molecular weight is 445 g/mol. The Morgan fingerprint density at radius 1 is 1.23 bits per heavy atom. The molecule has 2 amide bonds. The molecule has 1 atom stereocenters. The standard InChI is InChI=1S/C21H18Cl2N4O3/c1-30-20(28)12-3-2-4-14(9-12)26-21(29)27-8-7-17-18(25-11-24-17)19(27)15-6-5-13(22)10-16(15)23/h2-6,9-11,19H,7-8H2,1H3,(H,24,25)(H,26,29)/t19-/m1/s1. The number of nitrogens with zero attached hydrogens (tertiary/aromatic N) is 2. The van der Waals surface area contributed by atoms with Crippen molar-refractivity contribution in [1.82, 2.24) is 14.9 Å². The number of aromatic amines is 1. The highest BCUT2D eigenvalue weighted by Crippen LogP contribution is 2.38. The second-order valence-electron chi connectivity index (χ2n) is 6.78. The van der Waals surface area contributed by atoms with E-state index in [0.717, 1.165) is 17.0 Å². The molecule has 0 aliphatic carbocycles. The van der Waals surface area contributed by atoms with Gasteiger partial charge in [0.2, 0.25) is 0 Å². The van der Waals surface area contributed by atoms with Gasteiger partial charge in [-0.25, -0.2) is 14.6 Å². The maximum absolute atomic E-state index is 13.2. The summed E-state index contributed by atoms with van der Waals surface area (Å²) in [5, 5.41) is 3.82. The van der Waals surface area contributed by atoms with Crippen LogP contribution in [0.3, 0.4) is 0 Å². The van der Waals surface area contributed by atoms with Gasteiger partial charge in [-0.3, -0.25) is 0 Å². The molecule has 2 aromatic carbocycles. The van der Waals surface area contributed by atoms with Crippen LogP contribution in [0, 0.1) is 0 Å².